The maximum Gasteiger partial charge on any atom is 0.251 e. The molecule has 2 N–H and O–H groups in total. The van der Waals surface area contributed by atoms with Gasteiger partial charge in [-0.15, -0.1) is 0 Å². The molecule has 0 aliphatic carbocycles. The fraction of sp³-hybridized carbons (Fsp3) is 0.375. The van der Waals surface area contributed by atoms with E-state index < -0.39 is 0 Å². The van der Waals surface area contributed by atoms with Gasteiger partial charge in [0.2, 0.25) is 0 Å². The molecule has 0 bridgehead atoms. The number of hydrogen-bond donors (Lipinski definition) is 2. The van der Waals surface area contributed by atoms with Gasteiger partial charge in [0, 0.05) is 37.6 Å². The SMILES string of the molecule is CCCNCCNC(=O)c1ccc(Cn2ccnc2)cc1. The molecular weight excluding hydrogens is 264 g/mol. The van der Waals surface area contributed by atoms with Gasteiger partial charge < -0.3 is 15.2 Å². The van der Waals surface area contributed by atoms with Crippen LogP contribution in [-0.2, 0) is 6.54 Å². The van der Waals surface area contributed by atoms with Crippen molar-refractivity contribution < 1.29 is 4.79 Å². The standard InChI is InChI=1S/C16H22N4O/c1-2-7-17-8-9-19-16(21)15-5-3-14(4-6-15)12-20-11-10-18-13-20/h3-6,10-11,13,17H,2,7-9,12H2,1H3,(H,19,21). The van der Waals surface area contributed by atoms with E-state index in [9.17, 15) is 4.79 Å². The van der Waals surface area contributed by atoms with Gasteiger partial charge in [-0.1, -0.05) is 19.1 Å². The lowest BCUT2D eigenvalue weighted by Gasteiger charge is -2.07. The minimum Gasteiger partial charge on any atom is -0.351 e. The molecule has 1 heterocycles. The van der Waals surface area contributed by atoms with Crippen molar-refractivity contribution >= 4 is 5.91 Å². The Labute approximate surface area is 125 Å². The van der Waals surface area contributed by atoms with E-state index in [4.69, 9.17) is 0 Å². The van der Waals surface area contributed by atoms with E-state index in [0.717, 1.165) is 31.6 Å². The summed E-state index contributed by atoms with van der Waals surface area (Å²) < 4.78 is 1.99. The number of benzene rings is 1. The summed E-state index contributed by atoms with van der Waals surface area (Å²) in [6.45, 7) is 5.33. The second kappa shape index (κ2) is 8.21. The molecule has 0 saturated heterocycles. The third kappa shape index (κ3) is 5.04. The molecule has 2 aromatic rings. The van der Waals surface area contributed by atoms with Crippen LogP contribution in [0.25, 0.3) is 0 Å². The van der Waals surface area contributed by atoms with Crippen LogP contribution in [0, 0.1) is 0 Å². The van der Waals surface area contributed by atoms with Crippen LogP contribution in [0.4, 0.5) is 0 Å². The number of rotatable bonds is 8. The first-order valence-electron chi connectivity index (χ1n) is 7.33. The largest absolute Gasteiger partial charge is 0.351 e. The minimum atomic E-state index is -0.0255. The number of carbonyl (C=O) groups excluding carboxylic acids is 1. The Hall–Kier alpha value is -2.14. The normalized spacial score (nSPS) is 10.5. The summed E-state index contributed by atoms with van der Waals surface area (Å²) in [5.41, 5.74) is 1.84. The second-order valence-electron chi connectivity index (χ2n) is 4.94. The number of aromatic nitrogens is 2. The third-order valence-electron chi connectivity index (χ3n) is 3.15. The van der Waals surface area contributed by atoms with E-state index in [1.807, 2.05) is 35.0 Å². The van der Waals surface area contributed by atoms with E-state index in [1.165, 1.54) is 0 Å². The van der Waals surface area contributed by atoms with Crippen LogP contribution in [0.15, 0.2) is 43.0 Å². The molecule has 0 saturated carbocycles. The Bertz CT molecular complexity index is 534. The molecule has 0 aliphatic heterocycles. The third-order valence-corrected chi connectivity index (χ3v) is 3.15. The summed E-state index contributed by atoms with van der Waals surface area (Å²) in [5.74, 6) is -0.0255. The Balaban J connectivity index is 1.79. The van der Waals surface area contributed by atoms with Crippen molar-refractivity contribution in [2.45, 2.75) is 19.9 Å². The molecule has 1 aromatic carbocycles. The first kappa shape index (κ1) is 15.3. The molecule has 21 heavy (non-hydrogen) atoms. The molecule has 1 amide bonds. The molecule has 1 aromatic heterocycles. The molecule has 0 spiro atoms. The van der Waals surface area contributed by atoms with Gasteiger partial charge in [0.25, 0.3) is 5.91 Å². The zero-order valence-electron chi connectivity index (χ0n) is 12.4. The molecule has 0 unspecified atom stereocenters. The molecular formula is C16H22N4O. The second-order valence-corrected chi connectivity index (χ2v) is 4.94. The van der Waals surface area contributed by atoms with Crippen LogP contribution in [-0.4, -0.2) is 35.1 Å². The van der Waals surface area contributed by atoms with Gasteiger partial charge in [0.05, 0.1) is 6.33 Å². The Kier molecular flexibility index (Phi) is 5.97. The lowest BCUT2D eigenvalue weighted by molar-refractivity contribution is 0.0954. The molecule has 0 aliphatic rings. The zero-order valence-corrected chi connectivity index (χ0v) is 12.4. The summed E-state index contributed by atoms with van der Waals surface area (Å²) in [6, 6.07) is 7.68. The van der Waals surface area contributed by atoms with Gasteiger partial charge in [-0.25, -0.2) is 4.98 Å². The van der Waals surface area contributed by atoms with Gasteiger partial charge in [0.15, 0.2) is 0 Å². The molecule has 0 fully saturated rings. The Morgan fingerprint density at radius 3 is 2.67 bits per heavy atom. The van der Waals surface area contributed by atoms with E-state index in [0.29, 0.717) is 12.1 Å². The highest BCUT2D eigenvalue weighted by Gasteiger charge is 2.04. The van der Waals surface area contributed by atoms with Gasteiger partial charge in [-0.3, -0.25) is 4.79 Å². The summed E-state index contributed by atoms with van der Waals surface area (Å²) in [6.07, 6.45) is 6.56. The smallest absolute Gasteiger partial charge is 0.251 e. The Morgan fingerprint density at radius 1 is 1.19 bits per heavy atom. The van der Waals surface area contributed by atoms with E-state index in [-0.39, 0.29) is 5.91 Å². The topological polar surface area (TPSA) is 58.9 Å². The summed E-state index contributed by atoms with van der Waals surface area (Å²) in [5, 5.41) is 6.16. The lowest BCUT2D eigenvalue weighted by atomic mass is 10.1. The quantitative estimate of drug-likeness (QED) is 0.726. The number of imidazole rings is 1. The average molecular weight is 286 g/mol. The molecule has 2 rings (SSSR count). The van der Waals surface area contributed by atoms with Crippen molar-refractivity contribution in [1.29, 1.82) is 0 Å². The molecule has 5 nitrogen and oxygen atoms in total. The number of nitrogens with zero attached hydrogens (tertiary/aromatic N) is 2. The maximum atomic E-state index is 12.0. The van der Waals surface area contributed by atoms with Crippen molar-refractivity contribution in [2.75, 3.05) is 19.6 Å². The highest BCUT2D eigenvalue weighted by Crippen LogP contribution is 2.06. The fourth-order valence-corrected chi connectivity index (χ4v) is 2.02. The summed E-state index contributed by atoms with van der Waals surface area (Å²) in [4.78, 5) is 16.0. The average Bonchev–Trinajstić information content (AvgIpc) is 3.00. The van der Waals surface area contributed by atoms with Crippen molar-refractivity contribution in [3.63, 3.8) is 0 Å². The van der Waals surface area contributed by atoms with Gasteiger partial charge in [-0.2, -0.15) is 0 Å². The first-order valence-corrected chi connectivity index (χ1v) is 7.33. The van der Waals surface area contributed by atoms with Crippen molar-refractivity contribution in [3.05, 3.63) is 54.1 Å². The van der Waals surface area contributed by atoms with Crippen LogP contribution >= 0.6 is 0 Å². The van der Waals surface area contributed by atoms with E-state index in [2.05, 4.69) is 22.5 Å². The van der Waals surface area contributed by atoms with Crippen LogP contribution in [0.3, 0.4) is 0 Å². The van der Waals surface area contributed by atoms with E-state index in [1.54, 1.807) is 12.5 Å². The summed E-state index contributed by atoms with van der Waals surface area (Å²) in [7, 11) is 0. The predicted octanol–water partition coefficient (Wildman–Crippen LogP) is 1.66. The van der Waals surface area contributed by atoms with Gasteiger partial charge >= 0.3 is 0 Å². The minimum absolute atomic E-state index is 0.0255. The van der Waals surface area contributed by atoms with Crippen LogP contribution in [0.1, 0.15) is 29.3 Å². The highest BCUT2D eigenvalue weighted by molar-refractivity contribution is 5.94. The number of nitrogens with one attached hydrogen (secondary N) is 2. The van der Waals surface area contributed by atoms with Crippen molar-refractivity contribution in [2.24, 2.45) is 0 Å². The molecule has 0 atom stereocenters. The fourth-order valence-electron chi connectivity index (χ4n) is 2.02. The number of carbonyl (C=O) groups is 1. The zero-order chi connectivity index (χ0) is 14.9. The maximum absolute atomic E-state index is 12.0. The highest BCUT2D eigenvalue weighted by atomic mass is 16.1. The lowest BCUT2D eigenvalue weighted by Crippen LogP contribution is -2.32. The monoisotopic (exact) mass is 286 g/mol. The van der Waals surface area contributed by atoms with Crippen molar-refractivity contribution in [3.8, 4) is 0 Å². The first-order chi connectivity index (χ1) is 10.3. The molecule has 5 heteroatoms. The van der Waals surface area contributed by atoms with E-state index >= 15 is 0 Å². The van der Waals surface area contributed by atoms with Crippen molar-refractivity contribution in [1.82, 2.24) is 20.2 Å². The van der Waals surface area contributed by atoms with Crippen LogP contribution in [0.5, 0.6) is 0 Å². The number of hydrogen-bond acceptors (Lipinski definition) is 3. The van der Waals surface area contributed by atoms with Crippen LogP contribution in [0.2, 0.25) is 0 Å². The van der Waals surface area contributed by atoms with Gasteiger partial charge in [0.1, 0.15) is 0 Å². The Morgan fingerprint density at radius 2 is 2.00 bits per heavy atom. The van der Waals surface area contributed by atoms with Crippen LogP contribution < -0.4 is 10.6 Å². The number of amides is 1. The summed E-state index contributed by atoms with van der Waals surface area (Å²) >= 11 is 0. The predicted molar refractivity (Wildman–Crippen MR) is 83.3 cm³/mol. The molecule has 112 valence electrons. The molecule has 0 radical (unpaired) electrons. The van der Waals surface area contributed by atoms with Gasteiger partial charge in [-0.05, 0) is 30.7 Å².